The molecular weight excluding hydrogens is 269 g/mol. The Morgan fingerprint density at radius 3 is 2.43 bits per heavy atom. The van der Waals surface area contributed by atoms with Crippen molar-refractivity contribution in [2.45, 2.75) is 56.3 Å². The van der Waals surface area contributed by atoms with E-state index in [1.807, 2.05) is 0 Å². The number of rotatable bonds is 2. The summed E-state index contributed by atoms with van der Waals surface area (Å²) in [5.41, 5.74) is -0.657. The molecule has 2 aliphatic rings. The molecule has 3 nitrogen and oxygen atoms in total. The minimum absolute atomic E-state index is 0.212. The molecule has 116 valence electrons. The molecule has 1 saturated carbocycles. The first kappa shape index (κ1) is 14.9. The summed E-state index contributed by atoms with van der Waals surface area (Å²) in [5.74, 6) is -0.328. The molecule has 4 heteroatoms. The van der Waals surface area contributed by atoms with Crippen LogP contribution in [0.3, 0.4) is 0 Å². The van der Waals surface area contributed by atoms with E-state index in [9.17, 15) is 14.6 Å². The Kier molecular flexibility index (Phi) is 4.29. The third kappa shape index (κ3) is 2.98. The molecule has 1 saturated heterocycles. The predicted octanol–water partition coefficient (Wildman–Crippen LogP) is 2.41. The van der Waals surface area contributed by atoms with E-state index in [0.29, 0.717) is 31.5 Å². The minimum atomic E-state index is -1.07. The van der Waals surface area contributed by atoms with Gasteiger partial charge in [0, 0.05) is 24.7 Å². The normalized spacial score (nSPS) is 30.2. The highest BCUT2D eigenvalue weighted by Gasteiger charge is 2.39. The molecule has 21 heavy (non-hydrogen) atoms. The lowest BCUT2D eigenvalue weighted by Gasteiger charge is -2.44. The second-order valence-corrected chi connectivity index (χ2v) is 6.47. The van der Waals surface area contributed by atoms with E-state index in [4.69, 9.17) is 0 Å². The number of aliphatic hydroxyl groups is 2. The smallest absolute Gasteiger partial charge is 0.129 e. The Hall–Kier alpha value is -0.970. The van der Waals surface area contributed by atoms with Crippen LogP contribution in [0.2, 0.25) is 0 Å². The first-order valence-corrected chi connectivity index (χ1v) is 8.00. The van der Waals surface area contributed by atoms with Crippen molar-refractivity contribution in [2.75, 3.05) is 13.1 Å². The van der Waals surface area contributed by atoms with Crippen LogP contribution >= 0.6 is 0 Å². The van der Waals surface area contributed by atoms with Gasteiger partial charge in [-0.25, -0.2) is 4.39 Å². The second kappa shape index (κ2) is 6.03. The summed E-state index contributed by atoms with van der Waals surface area (Å²) in [4.78, 5) is 2.28. The zero-order valence-electron chi connectivity index (χ0n) is 12.3. The summed E-state index contributed by atoms with van der Waals surface area (Å²) in [6.45, 7) is 1.43. The molecule has 0 radical (unpaired) electrons. The van der Waals surface area contributed by atoms with Crippen LogP contribution in [-0.4, -0.2) is 40.3 Å². The zero-order valence-corrected chi connectivity index (χ0v) is 12.3. The fourth-order valence-corrected chi connectivity index (χ4v) is 3.85. The second-order valence-electron chi connectivity index (χ2n) is 6.47. The largest absolute Gasteiger partial charge is 0.391 e. The number of aliphatic hydroxyl groups excluding tert-OH is 1. The van der Waals surface area contributed by atoms with Crippen molar-refractivity contribution >= 4 is 0 Å². The summed E-state index contributed by atoms with van der Waals surface area (Å²) in [5, 5.41) is 20.9. The highest BCUT2D eigenvalue weighted by atomic mass is 19.1. The van der Waals surface area contributed by atoms with Crippen LogP contribution in [0.25, 0.3) is 0 Å². The molecule has 2 N–H and O–H groups in total. The van der Waals surface area contributed by atoms with Crippen LogP contribution in [0, 0.1) is 5.82 Å². The van der Waals surface area contributed by atoms with Gasteiger partial charge in [0.05, 0.1) is 11.7 Å². The minimum Gasteiger partial charge on any atom is -0.391 e. The Morgan fingerprint density at radius 2 is 1.76 bits per heavy atom. The topological polar surface area (TPSA) is 43.7 Å². The molecule has 1 aliphatic heterocycles. The number of benzene rings is 1. The number of piperidine rings is 1. The van der Waals surface area contributed by atoms with Gasteiger partial charge in [0.25, 0.3) is 0 Å². The average molecular weight is 293 g/mol. The highest BCUT2D eigenvalue weighted by molar-refractivity contribution is 5.25. The van der Waals surface area contributed by atoms with E-state index in [1.54, 1.807) is 18.2 Å². The Labute approximate surface area is 125 Å². The van der Waals surface area contributed by atoms with Crippen molar-refractivity contribution in [3.63, 3.8) is 0 Å². The number of hydrogen-bond donors (Lipinski definition) is 2. The monoisotopic (exact) mass is 293 g/mol. The molecule has 0 spiro atoms. The number of likely N-dealkylation sites (tertiary alicyclic amines) is 1. The summed E-state index contributed by atoms with van der Waals surface area (Å²) in [6.07, 6.45) is 4.96. The molecule has 1 aromatic carbocycles. The third-order valence-electron chi connectivity index (χ3n) is 5.16. The number of halogens is 1. The van der Waals surface area contributed by atoms with E-state index >= 15 is 0 Å². The fraction of sp³-hybridized carbons (Fsp3) is 0.647. The highest BCUT2D eigenvalue weighted by Crippen LogP contribution is 2.36. The SMILES string of the molecule is O[C@@H]1CCCC[C@H]1N1CCC(O)(c2ccccc2F)CC1. The van der Waals surface area contributed by atoms with Crippen molar-refractivity contribution < 1.29 is 14.6 Å². The van der Waals surface area contributed by atoms with Crippen LogP contribution < -0.4 is 0 Å². The van der Waals surface area contributed by atoms with Gasteiger partial charge in [-0.15, -0.1) is 0 Å². The lowest BCUT2D eigenvalue weighted by molar-refractivity contribution is -0.0621. The van der Waals surface area contributed by atoms with E-state index < -0.39 is 5.60 Å². The van der Waals surface area contributed by atoms with Gasteiger partial charge in [-0.3, -0.25) is 4.90 Å². The maximum atomic E-state index is 13.9. The number of hydrogen-bond acceptors (Lipinski definition) is 3. The Bertz CT molecular complexity index is 485. The lowest BCUT2D eigenvalue weighted by Crippen LogP contribution is -2.52. The van der Waals surface area contributed by atoms with Crippen LogP contribution in [0.4, 0.5) is 4.39 Å². The van der Waals surface area contributed by atoms with Gasteiger partial charge in [-0.05, 0) is 31.7 Å². The van der Waals surface area contributed by atoms with Gasteiger partial charge < -0.3 is 10.2 Å². The summed E-state index contributed by atoms with van der Waals surface area (Å²) < 4.78 is 13.9. The van der Waals surface area contributed by atoms with Crippen molar-refractivity contribution in [3.8, 4) is 0 Å². The lowest BCUT2D eigenvalue weighted by atomic mass is 9.82. The maximum absolute atomic E-state index is 13.9. The van der Waals surface area contributed by atoms with Gasteiger partial charge in [-0.2, -0.15) is 0 Å². The van der Waals surface area contributed by atoms with Crippen LogP contribution in [0.15, 0.2) is 24.3 Å². The maximum Gasteiger partial charge on any atom is 0.129 e. The predicted molar refractivity (Wildman–Crippen MR) is 79.4 cm³/mol. The van der Waals surface area contributed by atoms with E-state index in [-0.39, 0.29) is 18.0 Å². The molecule has 2 fully saturated rings. The molecule has 3 rings (SSSR count). The van der Waals surface area contributed by atoms with Crippen molar-refractivity contribution in [3.05, 3.63) is 35.6 Å². The van der Waals surface area contributed by atoms with Crippen LogP contribution in [0.1, 0.15) is 44.1 Å². The van der Waals surface area contributed by atoms with Gasteiger partial charge in [0.15, 0.2) is 0 Å². The molecule has 0 bridgehead atoms. The van der Waals surface area contributed by atoms with Crippen LogP contribution in [0.5, 0.6) is 0 Å². The average Bonchev–Trinajstić information content (AvgIpc) is 2.49. The molecule has 2 atom stereocenters. The van der Waals surface area contributed by atoms with Gasteiger partial charge in [0.2, 0.25) is 0 Å². The molecule has 0 amide bonds. The molecular formula is C17H24FNO2. The Morgan fingerprint density at radius 1 is 1.10 bits per heavy atom. The summed E-state index contributed by atoms with van der Waals surface area (Å²) >= 11 is 0. The fourth-order valence-electron chi connectivity index (χ4n) is 3.85. The van der Waals surface area contributed by atoms with Gasteiger partial charge in [0.1, 0.15) is 5.82 Å². The standard InChI is InChI=1S/C17H24FNO2/c18-14-6-2-1-5-13(14)17(21)9-11-19(12-10-17)15-7-3-4-8-16(15)20/h1-2,5-6,15-16,20-21H,3-4,7-12H2/t15-,16-/m1/s1. The van der Waals surface area contributed by atoms with E-state index in [2.05, 4.69) is 4.90 Å². The summed E-state index contributed by atoms with van der Waals surface area (Å²) in [6, 6.07) is 6.72. The molecule has 0 unspecified atom stereocenters. The molecule has 1 aliphatic carbocycles. The van der Waals surface area contributed by atoms with Gasteiger partial charge in [-0.1, -0.05) is 31.0 Å². The van der Waals surface area contributed by atoms with Crippen molar-refractivity contribution in [1.29, 1.82) is 0 Å². The zero-order chi connectivity index (χ0) is 14.9. The van der Waals surface area contributed by atoms with Crippen molar-refractivity contribution in [1.82, 2.24) is 4.90 Å². The molecule has 1 aromatic rings. The van der Waals surface area contributed by atoms with Gasteiger partial charge >= 0.3 is 0 Å². The molecule has 1 heterocycles. The number of nitrogens with zero attached hydrogens (tertiary/aromatic N) is 1. The van der Waals surface area contributed by atoms with Crippen LogP contribution in [-0.2, 0) is 5.60 Å². The third-order valence-corrected chi connectivity index (χ3v) is 5.16. The summed E-state index contributed by atoms with van der Waals surface area (Å²) in [7, 11) is 0. The molecule has 0 aromatic heterocycles. The van der Waals surface area contributed by atoms with Crippen molar-refractivity contribution in [2.24, 2.45) is 0 Å². The first-order valence-electron chi connectivity index (χ1n) is 8.00. The Balaban J connectivity index is 1.68. The first-order chi connectivity index (χ1) is 10.1. The quantitative estimate of drug-likeness (QED) is 0.880. The van der Waals surface area contributed by atoms with E-state index in [0.717, 1.165) is 25.7 Å². The van der Waals surface area contributed by atoms with E-state index in [1.165, 1.54) is 6.07 Å².